The minimum Gasteiger partial charge on any atom is -0.489 e. The molecule has 2 aromatic carbocycles. The third kappa shape index (κ3) is 3.55. The van der Waals surface area contributed by atoms with Gasteiger partial charge in [-0.3, -0.25) is 4.79 Å². The van der Waals surface area contributed by atoms with Crippen molar-refractivity contribution in [1.29, 1.82) is 5.26 Å². The third-order valence-corrected chi connectivity index (χ3v) is 6.10. The van der Waals surface area contributed by atoms with Gasteiger partial charge < -0.3 is 15.4 Å². The van der Waals surface area contributed by atoms with E-state index in [9.17, 15) is 10.1 Å². The van der Waals surface area contributed by atoms with Crippen molar-refractivity contribution >= 4 is 17.4 Å². The van der Waals surface area contributed by atoms with E-state index in [1.54, 1.807) is 4.90 Å². The Bertz CT molecular complexity index is 1100. The molecule has 30 heavy (non-hydrogen) atoms. The summed E-state index contributed by atoms with van der Waals surface area (Å²) in [5.41, 5.74) is 10.1. The molecule has 2 aromatic rings. The van der Waals surface area contributed by atoms with Crippen LogP contribution in [0.5, 0.6) is 5.75 Å². The van der Waals surface area contributed by atoms with Crippen molar-refractivity contribution in [2.24, 2.45) is 5.73 Å². The second kappa shape index (κ2) is 8.25. The van der Waals surface area contributed by atoms with Crippen molar-refractivity contribution in [2.45, 2.75) is 31.8 Å². The van der Waals surface area contributed by atoms with Crippen LogP contribution >= 0.6 is 11.6 Å². The number of benzene rings is 2. The Hall–Kier alpha value is -3.23. The highest BCUT2D eigenvalue weighted by Crippen LogP contribution is 2.44. The summed E-state index contributed by atoms with van der Waals surface area (Å²) < 4.78 is 5.86. The van der Waals surface area contributed by atoms with Crippen LogP contribution in [0.25, 0.3) is 0 Å². The lowest BCUT2D eigenvalue weighted by Gasteiger charge is -2.37. The summed E-state index contributed by atoms with van der Waals surface area (Å²) in [5, 5.41) is 10.5. The molecule has 1 aliphatic carbocycles. The van der Waals surface area contributed by atoms with E-state index in [1.165, 1.54) is 0 Å². The van der Waals surface area contributed by atoms with Crippen molar-refractivity contribution in [3.63, 3.8) is 0 Å². The molecule has 2 aliphatic rings. The Balaban J connectivity index is 1.63. The van der Waals surface area contributed by atoms with Crippen molar-refractivity contribution < 1.29 is 9.53 Å². The Morgan fingerprint density at radius 3 is 2.63 bits per heavy atom. The van der Waals surface area contributed by atoms with Gasteiger partial charge in [0.15, 0.2) is 5.78 Å². The molecule has 1 atom stereocenters. The lowest BCUT2D eigenvalue weighted by atomic mass is 9.76. The molecule has 6 heteroatoms. The van der Waals surface area contributed by atoms with Crippen LogP contribution in [0.4, 0.5) is 0 Å². The van der Waals surface area contributed by atoms with Crippen LogP contribution in [0.2, 0.25) is 5.02 Å². The number of carbonyl (C=O) groups excluding carboxylic acids is 1. The summed E-state index contributed by atoms with van der Waals surface area (Å²) in [6.45, 7) is 0.358. The maximum Gasteiger partial charge on any atom is 0.161 e. The summed E-state index contributed by atoms with van der Waals surface area (Å²) in [6, 6.07) is 17.3. The number of nitrogens with two attached hydrogens (primary N) is 1. The van der Waals surface area contributed by atoms with Crippen LogP contribution in [-0.4, -0.2) is 17.7 Å². The van der Waals surface area contributed by atoms with E-state index < -0.39 is 5.92 Å². The van der Waals surface area contributed by atoms with Gasteiger partial charge in [0.25, 0.3) is 0 Å². The normalized spacial score (nSPS) is 18.9. The average Bonchev–Trinajstić information content (AvgIpc) is 2.76. The molecule has 1 aliphatic heterocycles. The fourth-order valence-corrected chi connectivity index (χ4v) is 4.32. The van der Waals surface area contributed by atoms with Gasteiger partial charge in [0.05, 0.1) is 17.6 Å². The molecular weight excluding hydrogens is 398 g/mol. The summed E-state index contributed by atoms with van der Waals surface area (Å²) in [7, 11) is 1.82. The Kier molecular flexibility index (Phi) is 5.52. The molecule has 0 amide bonds. The second-order valence-corrected chi connectivity index (χ2v) is 7.90. The molecular formula is C24H22ClN3O2. The van der Waals surface area contributed by atoms with Crippen molar-refractivity contribution in [2.75, 3.05) is 7.05 Å². The molecule has 4 rings (SSSR count). The maximum absolute atomic E-state index is 12.8. The molecule has 0 fully saturated rings. The van der Waals surface area contributed by atoms with Gasteiger partial charge in [-0.2, -0.15) is 5.26 Å². The molecule has 0 radical (unpaired) electrons. The van der Waals surface area contributed by atoms with Crippen LogP contribution < -0.4 is 10.5 Å². The van der Waals surface area contributed by atoms with E-state index in [2.05, 4.69) is 6.07 Å². The maximum atomic E-state index is 12.8. The first-order valence-electron chi connectivity index (χ1n) is 9.87. The monoisotopic (exact) mass is 419 g/mol. The lowest BCUT2D eigenvalue weighted by Crippen LogP contribution is -2.36. The SMILES string of the molecule is CN1C(N)=C(C#N)[C@@H](c2ccc(OCc3ccccc3Cl)cc2)C2=C1CCCC2=O. The van der Waals surface area contributed by atoms with Gasteiger partial charge in [-0.1, -0.05) is 41.9 Å². The Morgan fingerprint density at radius 1 is 1.20 bits per heavy atom. The third-order valence-electron chi connectivity index (χ3n) is 5.73. The standard InChI is InChI=1S/C24H22ClN3O2/c1-28-20-7-4-8-21(29)23(20)22(18(13-26)24(28)27)15-9-11-17(12-10-15)30-14-16-5-2-3-6-19(16)25/h2-3,5-6,9-12,22H,4,7-8,14,27H2,1H3/t22-/m1/s1. The number of rotatable bonds is 4. The largest absolute Gasteiger partial charge is 0.489 e. The van der Waals surface area contributed by atoms with Gasteiger partial charge in [-0.05, 0) is 36.6 Å². The van der Waals surface area contributed by atoms with Crippen LogP contribution in [0.15, 0.2) is 71.2 Å². The number of hydrogen-bond acceptors (Lipinski definition) is 5. The van der Waals surface area contributed by atoms with E-state index in [4.69, 9.17) is 22.1 Å². The number of halogens is 1. The molecule has 0 unspecified atom stereocenters. The number of Topliss-reactive ketones (excluding diaryl/α,β-unsaturated/α-hetero) is 1. The highest BCUT2D eigenvalue weighted by molar-refractivity contribution is 6.31. The van der Waals surface area contributed by atoms with Crippen LogP contribution in [-0.2, 0) is 11.4 Å². The first-order valence-corrected chi connectivity index (χ1v) is 10.2. The van der Waals surface area contributed by atoms with Gasteiger partial charge in [-0.25, -0.2) is 0 Å². The molecule has 0 bridgehead atoms. The zero-order valence-corrected chi connectivity index (χ0v) is 17.4. The molecule has 0 spiro atoms. The fourth-order valence-electron chi connectivity index (χ4n) is 4.13. The zero-order valence-electron chi connectivity index (χ0n) is 16.7. The van der Waals surface area contributed by atoms with Gasteiger partial charge in [0.2, 0.25) is 0 Å². The second-order valence-electron chi connectivity index (χ2n) is 7.49. The zero-order chi connectivity index (χ0) is 21.3. The number of allylic oxidation sites excluding steroid dienone is 3. The summed E-state index contributed by atoms with van der Waals surface area (Å²) in [4.78, 5) is 14.6. The minimum atomic E-state index is -0.438. The number of nitriles is 1. The van der Waals surface area contributed by atoms with Crippen LogP contribution in [0.3, 0.4) is 0 Å². The number of carbonyl (C=O) groups is 1. The predicted molar refractivity (Wildman–Crippen MR) is 115 cm³/mol. The molecule has 0 saturated heterocycles. The molecule has 0 aromatic heterocycles. The van der Waals surface area contributed by atoms with Crippen molar-refractivity contribution in [3.8, 4) is 11.8 Å². The number of ketones is 1. The summed E-state index contributed by atoms with van der Waals surface area (Å²) >= 11 is 6.18. The van der Waals surface area contributed by atoms with Crippen molar-refractivity contribution in [3.05, 3.63) is 87.3 Å². The lowest BCUT2D eigenvalue weighted by molar-refractivity contribution is -0.116. The minimum absolute atomic E-state index is 0.0902. The van der Waals surface area contributed by atoms with Crippen LogP contribution in [0, 0.1) is 11.3 Å². The first kappa shape index (κ1) is 20.1. The highest BCUT2D eigenvalue weighted by atomic mass is 35.5. The fraction of sp³-hybridized carbons (Fsp3) is 0.250. The average molecular weight is 420 g/mol. The van der Waals surface area contributed by atoms with Crippen molar-refractivity contribution in [1.82, 2.24) is 4.90 Å². The molecule has 1 heterocycles. The topological polar surface area (TPSA) is 79.3 Å². The molecule has 2 N–H and O–H groups in total. The van der Waals surface area contributed by atoms with E-state index >= 15 is 0 Å². The van der Waals surface area contributed by atoms with Crippen LogP contribution in [0.1, 0.15) is 36.3 Å². The predicted octanol–water partition coefficient (Wildman–Crippen LogP) is 4.65. The van der Waals surface area contributed by atoms with Gasteiger partial charge in [-0.15, -0.1) is 0 Å². The summed E-state index contributed by atoms with van der Waals surface area (Å²) in [6.07, 6.45) is 2.09. The summed E-state index contributed by atoms with van der Waals surface area (Å²) in [5.74, 6) is 0.750. The number of hydrogen-bond donors (Lipinski definition) is 1. The Labute approximate surface area is 181 Å². The first-order chi connectivity index (χ1) is 14.5. The van der Waals surface area contributed by atoms with Gasteiger partial charge >= 0.3 is 0 Å². The van der Waals surface area contributed by atoms with E-state index in [0.29, 0.717) is 40.8 Å². The molecule has 0 saturated carbocycles. The quantitative estimate of drug-likeness (QED) is 0.780. The smallest absolute Gasteiger partial charge is 0.161 e. The van der Waals surface area contributed by atoms with E-state index in [1.807, 2.05) is 55.6 Å². The van der Waals surface area contributed by atoms with Gasteiger partial charge in [0.1, 0.15) is 18.2 Å². The molecule has 152 valence electrons. The highest BCUT2D eigenvalue weighted by Gasteiger charge is 2.38. The number of ether oxygens (including phenoxy) is 1. The molecule has 5 nitrogen and oxygen atoms in total. The van der Waals surface area contributed by atoms with Gasteiger partial charge in [0, 0.05) is 35.3 Å². The van der Waals surface area contributed by atoms with E-state index in [0.717, 1.165) is 29.7 Å². The van der Waals surface area contributed by atoms with E-state index in [-0.39, 0.29) is 5.78 Å². The Morgan fingerprint density at radius 2 is 1.93 bits per heavy atom. The number of nitrogens with zero attached hydrogens (tertiary/aromatic N) is 2.